The molecule has 2 heterocycles. The van der Waals surface area contributed by atoms with Gasteiger partial charge in [-0.1, -0.05) is 20.8 Å². The van der Waals surface area contributed by atoms with Gasteiger partial charge in [-0.05, 0) is 26.3 Å². The van der Waals surface area contributed by atoms with E-state index in [2.05, 4.69) is 31.0 Å². The lowest BCUT2D eigenvalue weighted by molar-refractivity contribution is -0.136. The van der Waals surface area contributed by atoms with Crippen molar-refractivity contribution in [2.24, 2.45) is 0 Å². The SMILES string of the molecule is CCC1NC(C)(CC)C(=O)N1CC1CN(CC)CCO1. The summed E-state index contributed by atoms with van der Waals surface area (Å²) in [7, 11) is 0. The van der Waals surface area contributed by atoms with E-state index in [1.165, 1.54) is 0 Å². The lowest BCUT2D eigenvalue weighted by Gasteiger charge is -2.35. The molecule has 0 aromatic carbocycles. The van der Waals surface area contributed by atoms with E-state index in [0.29, 0.717) is 6.54 Å². The largest absolute Gasteiger partial charge is 0.374 e. The van der Waals surface area contributed by atoms with Gasteiger partial charge in [-0.3, -0.25) is 15.0 Å². The van der Waals surface area contributed by atoms with Crippen LogP contribution in [0.1, 0.15) is 40.5 Å². The van der Waals surface area contributed by atoms with Gasteiger partial charge in [0.05, 0.1) is 24.4 Å². The molecule has 1 amide bonds. The van der Waals surface area contributed by atoms with Crippen molar-refractivity contribution in [3.63, 3.8) is 0 Å². The number of rotatable bonds is 5. The molecule has 0 bridgehead atoms. The monoisotopic (exact) mass is 283 g/mol. The summed E-state index contributed by atoms with van der Waals surface area (Å²) in [4.78, 5) is 17.0. The molecule has 2 saturated heterocycles. The normalized spacial score (nSPS) is 35.8. The molecule has 2 aliphatic rings. The van der Waals surface area contributed by atoms with Crippen LogP contribution in [-0.4, -0.2) is 66.3 Å². The minimum absolute atomic E-state index is 0.141. The van der Waals surface area contributed by atoms with E-state index >= 15 is 0 Å². The topological polar surface area (TPSA) is 44.8 Å². The Morgan fingerprint density at radius 2 is 2.15 bits per heavy atom. The minimum Gasteiger partial charge on any atom is -0.374 e. The van der Waals surface area contributed by atoms with E-state index in [-0.39, 0.29) is 18.2 Å². The second-order valence-electron chi connectivity index (χ2n) is 6.10. The summed E-state index contributed by atoms with van der Waals surface area (Å²) in [6.07, 6.45) is 2.05. The van der Waals surface area contributed by atoms with Crippen molar-refractivity contribution in [3.8, 4) is 0 Å². The van der Waals surface area contributed by atoms with Crippen LogP contribution in [0.5, 0.6) is 0 Å². The average molecular weight is 283 g/mol. The number of likely N-dealkylation sites (N-methyl/N-ethyl adjacent to an activating group) is 1. The van der Waals surface area contributed by atoms with Crippen LogP contribution < -0.4 is 5.32 Å². The molecule has 3 unspecified atom stereocenters. The van der Waals surface area contributed by atoms with Gasteiger partial charge in [-0.15, -0.1) is 0 Å². The summed E-state index contributed by atoms with van der Waals surface area (Å²) in [6.45, 7) is 12.8. The number of ether oxygens (including phenoxy) is 1. The lowest BCUT2D eigenvalue weighted by atomic mass is 9.99. The quantitative estimate of drug-likeness (QED) is 0.819. The molecular weight excluding hydrogens is 254 g/mol. The van der Waals surface area contributed by atoms with E-state index in [9.17, 15) is 4.79 Å². The van der Waals surface area contributed by atoms with Gasteiger partial charge in [0, 0.05) is 19.6 Å². The molecule has 0 aromatic rings. The third-order valence-electron chi connectivity index (χ3n) is 4.76. The highest BCUT2D eigenvalue weighted by molar-refractivity contribution is 5.88. The van der Waals surface area contributed by atoms with Crippen LogP contribution >= 0.6 is 0 Å². The zero-order valence-electron chi connectivity index (χ0n) is 13.3. The molecule has 0 aliphatic carbocycles. The van der Waals surface area contributed by atoms with Crippen LogP contribution in [0.2, 0.25) is 0 Å². The van der Waals surface area contributed by atoms with Gasteiger partial charge in [0.25, 0.3) is 0 Å². The summed E-state index contributed by atoms with van der Waals surface area (Å²) in [5, 5.41) is 3.49. The first kappa shape index (κ1) is 15.7. The molecule has 1 N–H and O–H groups in total. The smallest absolute Gasteiger partial charge is 0.243 e. The molecule has 5 nitrogen and oxygen atoms in total. The zero-order chi connectivity index (χ0) is 14.8. The van der Waals surface area contributed by atoms with Crippen LogP contribution in [0.3, 0.4) is 0 Å². The first-order valence-electron chi connectivity index (χ1n) is 7.96. The fourth-order valence-electron chi connectivity index (χ4n) is 3.15. The Bertz CT molecular complexity index is 350. The van der Waals surface area contributed by atoms with Gasteiger partial charge in [-0.2, -0.15) is 0 Å². The Hall–Kier alpha value is -0.650. The number of amides is 1. The lowest BCUT2D eigenvalue weighted by Crippen LogP contribution is -2.50. The maximum atomic E-state index is 12.6. The standard InChI is InChI=1S/C15H29N3O2/c1-5-13-16-15(4,6-2)14(19)18(13)11-12-10-17(7-3)8-9-20-12/h12-13,16H,5-11H2,1-4H3. The van der Waals surface area contributed by atoms with Crippen molar-refractivity contribution in [1.29, 1.82) is 0 Å². The van der Waals surface area contributed by atoms with Gasteiger partial charge in [-0.25, -0.2) is 0 Å². The summed E-state index contributed by atoms with van der Waals surface area (Å²) >= 11 is 0. The molecule has 5 heteroatoms. The molecule has 20 heavy (non-hydrogen) atoms. The van der Waals surface area contributed by atoms with Crippen molar-refractivity contribution in [1.82, 2.24) is 15.1 Å². The molecule has 0 saturated carbocycles. The Balaban J connectivity index is 2.01. The van der Waals surface area contributed by atoms with E-state index in [1.54, 1.807) is 0 Å². The summed E-state index contributed by atoms with van der Waals surface area (Å²) in [6, 6.07) is 0. The number of morpholine rings is 1. The predicted octanol–water partition coefficient (Wildman–Crippen LogP) is 1.04. The molecule has 0 aromatic heterocycles. The van der Waals surface area contributed by atoms with Crippen molar-refractivity contribution in [2.75, 3.05) is 32.8 Å². The molecule has 0 spiro atoms. The molecule has 116 valence electrons. The van der Waals surface area contributed by atoms with Gasteiger partial charge in [0.2, 0.25) is 5.91 Å². The van der Waals surface area contributed by atoms with Crippen LogP contribution in [0.15, 0.2) is 0 Å². The maximum Gasteiger partial charge on any atom is 0.243 e. The van der Waals surface area contributed by atoms with Crippen molar-refractivity contribution in [2.45, 2.75) is 58.3 Å². The maximum absolute atomic E-state index is 12.6. The Morgan fingerprint density at radius 3 is 2.75 bits per heavy atom. The summed E-state index contributed by atoms with van der Waals surface area (Å²) in [5.41, 5.74) is -0.403. The van der Waals surface area contributed by atoms with Crippen molar-refractivity contribution >= 4 is 5.91 Å². The van der Waals surface area contributed by atoms with Crippen molar-refractivity contribution in [3.05, 3.63) is 0 Å². The van der Waals surface area contributed by atoms with Gasteiger partial charge < -0.3 is 9.64 Å². The second-order valence-corrected chi connectivity index (χ2v) is 6.10. The van der Waals surface area contributed by atoms with E-state index in [0.717, 1.165) is 39.1 Å². The molecule has 0 radical (unpaired) electrons. The van der Waals surface area contributed by atoms with Gasteiger partial charge in [0.1, 0.15) is 0 Å². The van der Waals surface area contributed by atoms with Gasteiger partial charge >= 0.3 is 0 Å². The van der Waals surface area contributed by atoms with E-state index in [1.807, 2.05) is 11.8 Å². The number of carbonyl (C=O) groups excluding carboxylic acids is 1. The fraction of sp³-hybridized carbons (Fsp3) is 0.933. The highest BCUT2D eigenvalue weighted by Gasteiger charge is 2.46. The van der Waals surface area contributed by atoms with Crippen LogP contribution in [0.25, 0.3) is 0 Å². The molecule has 2 aliphatic heterocycles. The fourth-order valence-corrected chi connectivity index (χ4v) is 3.15. The number of nitrogens with zero attached hydrogens (tertiary/aromatic N) is 2. The molecule has 2 fully saturated rings. The number of hydrogen-bond acceptors (Lipinski definition) is 4. The Kier molecular flexibility index (Phi) is 5.04. The molecular formula is C15H29N3O2. The van der Waals surface area contributed by atoms with Crippen LogP contribution in [0.4, 0.5) is 0 Å². The summed E-state index contributed by atoms with van der Waals surface area (Å²) < 4.78 is 5.85. The highest BCUT2D eigenvalue weighted by atomic mass is 16.5. The Labute approximate surface area is 122 Å². The summed E-state index contributed by atoms with van der Waals surface area (Å²) in [5.74, 6) is 0.226. The minimum atomic E-state index is -0.403. The first-order chi connectivity index (χ1) is 9.54. The third-order valence-corrected chi connectivity index (χ3v) is 4.76. The average Bonchev–Trinajstić information content (AvgIpc) is 2.72. The molecule has 2 rings (SSSR count). The molecule has 3 atom stereocenters. The van der Waals surface area contributed by atoms with Crippen molar-refractivity contribution < 1.29 is 9.53 Å². The number of carbonyl (C=O) groups is 1. The van der Waals surface area contributed by atoms with E-state index in [4.69, 9.17) is 4.74 Å². The van der Waals surface area contributed by atoms with Crippen LogP contribution in [0, 0.1) is 0 Å². The van der Waals surface area contributed by atoms with Gasteiger partial charge in [0.15, 0.2) is 0 Å². The van der Waals surface area contributed by atoms with E-state index < -0.39 is 5.54 Å². The number of nitrogens with one attached hydrogen (secondary N) is 1. The van der Waals surface area contributed by atoms with Crippen LogP contribution in [-0.2, 0) is 9.53 Å². The number of hydrogen-bond donors (Lipinski definition) is 1. The Morgan fingerprint density at radius 1 is 1.40 bits per heavy atom. The first-order valence-corrected chi connectivity index (χ1v) is 7.96. The third kappa shape index (κ3) is 3.00. The second kappa shape index (κ2) is 6.41. The highest BCUT2D eigenvalue weighted by Crippen LogP contribution is 2.25. The predicted molar refractivity (Wildman–Crippen MR) is 79.5 cm³/mol. The zero-order valence-corrected chi connectivity index (χ0v) is 13.3.